The summed E-state index contributed by atoms with van der Waals surface area (Å²) in [6.07, 6.45) is 7.07. The first-order valence-corrected chi connectivity index (χ1v) is 5.56. The van der Waals surface area contributed by atoms with Crippen molar-refractivity contribution in [2.75, 3.05) is 27.7 Å². The van der Waals surface area contributed by atoms with E-state index in [-0.39, 0.29) is 0 Å². The topological polar surface area (TPSA) is 15.3 Å². The van der Waals surface area contributed by atoms with Crippen LogP contribution >= 0.6 is 0 Å². The van der Waals surface area contributed by atoms with Gasteiger partial charge in [0.2, 0.25) is 0 Å². The molecule has 1 rings (SSSR count). The molecule has 1 saturated carbocycles. The Morgan fingerprint density at radius 1 is 1.23 bits per heavy atom. The van der Waals surface area contributed by atoms with Gasteiger partial charge in [-0.15, -0.1) is 0 Å². The van der Waals surface area contributed by atoms with Crippen LogP contribution in [0.3, 0.4) is 0 Å². The van der Waals surface area contributed by atoms with Gasteiger partial charge in [0, 0.05) is 6.04 Å². The standard InChI is InChI=1S/C11H24N2/c1-12-8-6-4-5-7-10-9-11(10)13(2)3/h10-12H,4-9H2,1-3H3/t10-,11+/m1/s1. The molecule has 13 heavy (non-hydrogen) atoms. The van der Waals surface area contributed by atoms with Crippen LogP contribution < -0.4 is 5.32 Å². The van der Waals surface area contributed by atoms with Crippen molar-refractivity contribution < 1.29 is 0 Å². The van der Waals surface area contributed by atoms with Gasteiger partial charge in [0.05, 0.1) is 0 Å². The molecule has 0 unspecified atom stereocenters. The zero-order chi connectivity index (χ0) is 9.68. The van der Waals surface area contributed by atoms with Crippen molar-refractivity contribution in [1.82, 2.24) is 10.2 Å². The summed E-state index contributed by atoms with van der Waals surface area (Å²) in [5.74, 6) is 1.02. The molecule has 0 spiro atoms. The van der Waals surface area contributed by atoms with Crippen molar-refractivity contribution in [1.29, 1.82) is 0 Å². The molecule has 0 aromatic carbocycles. The van der Waals surface area contributed by atoms with Crippen LogP contribution in [-0.4, -0.2) is 38.6 Å². The number of rotatable bonds is 7. The second-order valence-electron chi connectivity index (χ2n) is 4.48. The van der Waals surface area contributed by atoms with Crippen molar-refractivity contribution in [3.63, 3.8) is 0 Å². The minimum Gasteiger partial charge on any atom is -0.320 e. The predicted octanol–water partition coefficient (Wildman–Crippen LogP) is 1.72. The molecule has 1 aliphatic rings. The lowest BCUT2D eigenvalue weighted by Gasteiger charge is -2.08. The Morgan fingerprint density at radius 2 is 2.00 bits per heavy atom. The molecule has 0 aromatic heterocycles. The molecular weight excluding hydrogens is 160 g/mol. The summed E-state index contributed by atoms with van der Waals surface area (Å²) in [4.78, 5) is 2.37. The summed E-state index contributed by atoms with van der Waals surface area (Å²) in [6, 6.07) is 0.907. The molecule has 1 N–H and O–H groups in total. The van der Waals surface area contributed by atoms with Gasteiger partial charge < -0.3 is 10.2 Å². The summed E-state index contributed by atoms with van der Waals surface area (Å²) in [6.45, 7) is 1.18. The van der Waals surface area contributed by atoms with Crippen molar-refractivity contribution in [2.45, 2.75) is 38.1 Å². The van der Waals surface area contributed by atoms with Gasteiger partial charge >= 0.3 is 0 Å². The van der Waals surface area contributed by atoms with E-state index in [0.29, 0.717) is 0 Å². The Bertz CT molecular complexity index is 134. The Hall–Kier alpha value is -0.0800. The quantitative estimate of drug-likeness (QED) is 0.606. The second kappa shape index (κ2) is 5.61. The summed E-state index contributed by atoms with van der Waals surface area (Å²) in [5, 5.41) is 3.19. The van der Waals surface area contributed by atoms with E-state index >= 15 is 0 Å². The van der Waals surface area contributed by atoms with Crippen LogP contribution in [0, 0.1) is 5.92 Å². The van der Waals surface area contributed by atoms with Gasteiger partial charge in [0.1, 0.15) is 0 Å². The van der Waals surface area contributed by atoms with E-state index in [1.54, 1.807) is 0 Å². The van der Waals surface area contributed by atoms with E-state index in [2.05, 4.69) is 24.3 Å². The highest BCUT2D eigenvalue weighted by Crippen LogP contribution is 2.38. The fraction of sp³-hybridized carbons (Fsp3) is 1.00. The van der Waals surface area contributed by atoms with Crippen LogP contribution in [0.25, 0.3) is 0 Å². The minimum absolute atomic E-state index is 0.907. The number of hydrogen-bond donors (Lipinski definition) is 1. The van der Waals surface area contributed by atoms with Crippen molar-refractivity contribution in [3.05, 3.63) is 0 Å². The molecule has 0 heterocycles. The molecule has 0 aliphatic heterocycles. The number of nitrogens with one attached hydrogen (secondary N) is 1. The van der Waals surface area contributed by atoms with E-state index in [1.165, 1.54) is 38.6 Å². The summed E-state index contributed by atoms with van der Waals surface area (Å²) < 4.78 is 0. The van der Waals surface area contributed by atoms with Gasteiger partial charge in [-0.1, -0.05) is 12.8 Å². The highest BCUT2D eigenvalue weighted by atomic mass is 15.1. The lowest BCUT2D eigenvalue weighted by molar-refractivity contribution is 0.369. The molecule has 78 valence electrons. The molecule has 2 atom stereocenters. The Balaban J connectivity index is 1.86. The molecule has 0 aromatic rings. The average Bonchev–Trinajstić information content (AvgIpc) is 2.83. The van der Waals surface area contributed by atoms with Crippen LogP contribution in [-0.2, 0) is 0 Å². The van der Waals surface area contributed by atoms with Gasteiger partial charge in [-0.05, 0) is 52.9 Å². The van der Waals surface area contributed by atoms with E-state index in [9.17, 15) is 0 Å². The second-order valence-corrected chi connectivity index (χ2v) is 4.48. The fourth-order valence-corrected chi connectivity index (χ4v) is 2.06. The van der Waals surface area contributed by atoms with Crippen LogP contribution in [0.2, 0.25) is 0 Å². The van der Waals surface area contributed by atoms with Crippen LogP contribution in [0.1, 0.15) is 32.1 Å². The molecule has 0 saturated heterocycles. The van der Waals surface area contributed by atoms with E-state index in [1.807, 2.05) is 7.05 Å². The van der Waals surface area contributed by atoms with Crippen molar-refractivity contribution in [3.8, 4) is 0 Å². The third kappa shape index (κ3) is 4.10. The highest BCUT2D eigenvalue weighted by molar-refractivity contribution is 4.92. The first-order valence-electron chi connectivity index (χ1n) is 5.56. The first-order chi connectivity index (χ1) is 6.25. The summed E-state index contributed by atoms with van der Waals surface area (Å²) in [5.41, 5.74) is 0. The average molecular weight is 184 g/mol. The van der Waals surface area contributed by atoms with Crippen molar-refractivity contribution >= 4 is 0 Å². The lowest BCUT2D eigenvalue weighted by atomic mass is 10.1. The third-order valence-electron chi connectivity index (χ3n) is 3.05. The fourth-order valence-electron chi connectivity index (χ4n) is 2.06. The molecule has 0 radical (unpaired) electrons. The highest BCUT2D eigenvalue weighted by Gasteiger charge is 2.37. The smallest absolute Gasteiger partial charge is 0.0121 e. The minimum atomic E-state index is 0.907. The Labute approximate surface area is 82.7 Å². The summed E-state index contributed by atoms with van der Waals surface area (Å²) in [7, 11) is 6.43. The van der Waals surface area contributed by atoms with Gasteiger partial charge in [-0.3, -0.25) is 0 Å². The monoisotopic (exact) mass is 184 g/mol. The van der Waals surface area contributed by atoms with Gasteiger partial charge in [0.15, 0.2) is 0 Å². The maximum atomic E-state index is 3.19. The SMILES string of the molecule is CNCCCCC[C@@H]1C[C@@H]1N(C)C. The molecule has 2 nitrogen and oxygen atoms in total. The van der Waals surface area contributed by atoms with Crippen LogP contribution in [0.15, 0.2) is 0 Å². The Kier molecular flexibility index (Phi) is 4.74. The molecule has 0 amide bonds. The van der Waals surface area contributed by atoms with E-state index < -0.39 is 0 Å². The lowest BCUT2D eigenvalue weighted by Crippen LogP contribution is -2.15. The first kappa shape index (κ1) is 11.0. The maximum absolute atomic E-state index is 3.19. The largest absolute Gasteiger partial charge is 0.320 e. The predicted molar refractivity (Wildman–Crippen MR) is 58.0 cm³/mol. The molecule has 1 fully saturated rings. The van der Waals surface area contributed by atoms with Gasteiger partial charge in [-0.25, -0.2) is 0 Å². The zero-order valence-corrected chi connectivity index (χ0v) is 9.34. The Morgan fingerprint density at radius 3 is 2.54 bits per heavy atom. The van der Waals surface area contributed by atoms with Gasteiger partial charge in [0.25, 0.3) is 0 Å². The maximum Gasteiger partial charge on any atom is 0.0121 e. The molecule has 0 bridgehead atoms. The van der Waals surface area contributed by atoms with Crippen LogP contribution in [0.5, 0.6) is 0 Å². The van der Waals surface area contributed by atoms with Gasteiger partial charge in [-0.2, -0.15) is 0 Å². The summed E-state index contributed by atoms with van der Waals surface area (Å²) >= 11 is 0. The number of unbranched alkanes of at least 4 members (excludes halogenated alkanes) is 2. The third-order valence-corrected chi connectivity index (χ3v) is 3.05. The zero-order valence-electron chi connectivity index (χ0n) is 9.34. The normalized spacial score (nSPS) is 26.8. The van der Waals surface area contributed by atoms with Crippen LogP contribution in [0.4, 0.5) is 0 Å². The van der Waals surface area contributed by atoms with E-state index in [0.717, 1.165) is 12.0 Å². The van der Waals surface area contributed by atoms with E-state index in [4.69, 9.17) is 0 Å². The van der Waals surface area contributed by atoms with Crippen molar-refractivity contribution in [2.24, 2.45) is 5.92 Å². The molecule has 2 heteroatoms. The molecular formula is C11H24N2. The number of nitrogens with zero attached hydrogens (tertiary/aromatic N) is 1. The molecule has 1 aliphatic carbocycles. The number of hydrogen-bond acceptors (Lipinski definition) is 2.